The van der Waals surface area contributed by atoms with E-state index in [0.717, 1.165) is 6.07 Å². The zero-order valence-corrected chi connectivity index (χ0v) is 10.1. The maximum atomic E-state index is 12.8. The standard InChI is InChI=1S/C10H8ClF3N2S/c11-6-1-2-7(10(12,13)14)8(5-6)16-3-4-17-9(16)15/h1-2,5,15H,3-4H2. The number of halogens is 4. The Balaban J connectivity index is 2.50. The largest absolute Gasteiger partial charge is 0.418 e. The van der Waals surface area contributed by atoms with Crippen LogP contribution in [-0.4, -0.2) is 17.5 Å². The smallest absolute Gasteiger partial charge is 0.320 e. The fraction of sp³-hybridized carbons (Fsp3) is 0.300. The van der Waals surface area contributed by atoms with Crippen LogP contribution in [0.15, 0.2) is 18.2 Å². The molecule has 0 aliphatic carbocycles. The van der Waals surface area contributed by atoms with Crippen LogP contribution in [0.25, 0.3) is 0 Å². The molecule has 1 saturated heterocycles. The third-order valence-electron chi connectivity index (χ3n) is 2.35. The molecular weight excluding hydrogens is 273 g/mol. The fourth-order valence-corrected chi connectivity index (χ4v) is 2.59. The van der Waals surface area contributed by atoms with Crippen LogP contribution in [-0.2, 0) is 6.18 Å². The lowest BCUT2D eigenvalue weighted by molar-refractivity contribution is -0.137. The summed E-state index contributed by atoms with van der Waals surface area (Å²) >= 11 is 6.95. The van der Waals surface area contributed by atoms with Crippen molar-refractivity contribution in [2.24, 2.45) is 0 Å². The van der Waals surface area contributed by atoms with Gasteiger partial charge in [0, 0.05) is 17.3 Å². The summed E-state index contributed by atoms with van der Waals surface area (Å²) in [4.78, 5) is 1.33. The molecule has 0 spiro atoms. The van der Waals surface area contributed by atoms with Crippen LogP contribution in [0.2, 0.25) is 5.02 Å². The van der Waals surface area contributed by atoms with Gasteiger partial charge in [-0.1, -0.05) is 23.4 Å². The predicted octanol–water partition coefficient (Wildman–Crippen LogP) is 3.85. The number of nitrogens with zero attached hydrogens (tertiary/aromatic N) is 1. The van der Waals surface area contributed by atoms with Crippen molar-refractivity contribution in [2.75, 3.05) is 17.2 Å². The molecule has 17 heavy (non-hydrogen) atoms. The topological polar surface area (TPSA) is 27.1 Å². The number of thioether (sulfide) groups is 1. The summed E-state index contributed by atoms with van der Waals surface area (Å²) in [6, 6.07) is 3.42. The molecule has 0 aromatic heterocycles. The zero-order chi connectivity index (χ0) is 12.6. The minimum atomic E-state index is -4.44. The van der Waals surface area contributed by atoms with Crippen LogP contribution in [0.1, 0.15) is 5.56 Å². The molecule has 2 rings (SSSR count). The first-order chi connectivity index (χ1) is 7.89. The number of benzene rings is 1. The molecule has 7 heteroatoms. The Morgan fingerprint density at radius 2 is 2.06 bits per heavy atom. The van der Waals surface area contributed by atoms with E-state index in [1.165, 1.54) is 28.8 Å². The molecule has 1 N–H and O–H groups in total. The Morgan fingerprint density at radius 1 is 1.35 bits per heavy atom. The molecule has 0 bridgehead atoms. The SMILES string of the molecule is N=C1SCCN1c1cc(Cl)ccc1C(F)(F)F. The number of hydrogen-bond acceptors (Lipinski definition) is 2. The van der Waals surface area contributed by atoms with Gasteiger partial charge < -0.3 is 4.90 Å². The molecule has 1 fully saturated rings. The summed E-state index contributed by atoms with van der Waals surface area (Å²) in [5.74, 6) is 0.614. The average Bonchev–Trinajstić information content (AvgIpc) is 2.62. The Morgan fingerprint density at radius 3 is 2.59 bits per heavy atom. The van der Waals surface area contributed by atoms with Gasteiger partial charge in [0.1, 0.15) is 0 Å². The van der Waals surface area contributed by atoms with Gasteiger partial charge in [-0.05, 0) is 18.2 Å². The van der Waals surface area contributed by atoms with E-state index in [1.807, 2.05) is 0 Å². The van der Waals surface area contributed by atoms with Crippen LogP contribution < -0.4 is 4.90 Å². The van der Waals surface area contributed by atoms with Crippen molar-refractivity contribution in [3.63, 3.8) is 0 Å². The molecule has 1 aromatic carbocycles. The summed E-state index contributed by atoms with van der Waals surface area (Å²) < 4.78 is 38.4. The van der Waals surface area contributed by atoms with Crippen molar-refractivity contribution in [2.45, 2.75) is 6.18 Å². The van der Waals surface area contributed by atoms with E-state index in [1.54, 1.807) is 0 Å². The molecule has 2 nitrogen and oxygen atoms in total. The van der Waals surface area contributed by atoms with E-state index in [2.05, 4.69) is 0 Å². The van der Waals surface area contributed by atoms with Crippen molar-refractivity contribution in [1.29, 1.82) is 5.41 Å². The second-order valence-corrected chi connectivity index (χ2v) is 4.98. The molecule has 92 valence electrons. The maximum Gasteiger partial charge on any atom is 0.418 e. The lowest BCUT2D eigenvalue weighted by Crippen LogP contribution is -2.25. The Kier molecular flexibility index (Phi) is 3.27. The summed E-state index contributed by atoms with van der Waals surface area (Å²) in [5, 5.41) is 7.95. The summed E-state index contributed by atoms with van der Waals surface area (Å²) in [6.07, 6.45) is -4.44. The number of alkyl halides is 3. The molecule has 1 aliphatic rings. The first-order valence-corrected chi connectivity index (χ1v) is 6.11. The molecule has 1 aliphatic heterocycles. The van der Waals surface area contributed by atoms with Crippen molar-refractivity contribution in [3.8, 4) is 0 Å². The molecule has 0 atom stereocenters. The van der Waals surface area contributed by atoms with E-state index in [-0.39, 0.29) is 15.9 Å². The van der Waals surface area contributed by atoms with Gasteiger partial charge >= 0.3 is 6.18 Å². The van der Waals surface area contributed by atoms with Crippen LogP contribution in [0.3, 0.4) is 0 Å². The van der Waals surface area contributed by atoms with Gasteiger partial charge in [-0.15, -0.1) is 0 Å². The third kappa shape index (κ3) is 2.52. The fourth-order valence-electron chi connectivity index (χ4n) is 1.61. The monoisotopic (exact) mass is 280 g/mol. The van der Waals surface area contributed by atoms with Crippen LogP contribution >= 0.6 is 23.4 Å². The molecule has 0 amide bonds. The number of rotatable bonds is 1. The van der Waals surface area contributed by atoms with E-state index in [4.69, 9.17) is 17.0 Å². The second kappa shape index (κ2) is 4.42. The molecule has 0 saturated carbocycles. The van der Waals surface area contributed by atoms with Gasteiger partial charge in [0.25, 0.3) is 0 Å². The second-order valence-electron chi connectivity index (χ2n) is 3.46. The minimum absolute atomic E-state index is 0.0417. The maximum absolute atomic E-state index is 12.8. The van der Waals surface area contributed by atoms with Crippen LogP contribution in [0.4, 0.5) is 18.9 Å². The van der Waals surface area contributed by atoms with Gasteiger partial charge in [-0.25, -0.2) is 0 Å². The summed E-state index contributed by atoms with van der Waals surface area (Å²) in [5.41, 5.74) is -0.797. The van der Waals surface area contributed by atoms with Crippen molar-refractivity contribution in [3.05, 3.63) is 28.8 Å². The van der Waals surface area contributed by atoms with Gasteiger partial charge in [0.2, 0.25) is 0 Å². The highest BCUT2D eigenvalue weighted by atomic mass is 35.5. The minimum Gasteiger partial charge on any atom is -0.320 e. The third-order valence-corrected chi connectivity index (χ3v) is 3.47. The molecule has 1 aromatic rings. The summed E-state index contributed by atoms with van der Waals surface area (Å²) in [6.45, 7) is 0.396. The highest BCUT2D eigenvalue weighted by molar-refractivity contribution is 8.14. The highest BCUT2D eigenvalue weighted by Crippen LogP contribution is 2.39. The highest BCUT2D eigenvalue weighted by Gasteiger charge is 2.36. The Labute approximate surface area is 105 Å². The van der Waals surface area contributed by atoms with E-state index in [0.29, 0.717) is 12.3 Å². The van der Waals surface area contributed by atoms with E-state index >= 15 is 0 Å². The van der Waals surface area contributed by atoms with Crippen molar-refractivity contribution in [1.82, 2.24) is 0 Å². The first kappa shape index (κ1) is 12.6. The first-order valence-electron chi connectivity index (χ1n) is 4.75. The predicted molar refractivity (Wildman–Crippen MR) is 64.0 cm³/mol. The molecule has 1 heterocycles. The average molecular weight is 281 g/mol. The van der Waals surface area contributed by atoms with E-state index < -0.39 is 11.7 Å². The Bertz CT molecular complexity index is 461. The normalized spacial score (nSPS) is 16.7. The van der Waals surface area contributed by atoms with Crippen LogP contribution in [0, 0.1) is 5.41 Å². The molecular formula is C10H8ClF3N2S. The number of amidine groups is 1. The van der Waals surface area contributed by atoms with Gasteiger partial charge in [-0.2, -0.15) is 13.2 Å². The van der Waals surface area contributed by atoms with Crippen molar-refractivity contribution < 1.29 is 13.2 Å². The van der Waals surface area contributed by atoms with Gasteiger partial charge in [0.15, 0.2) is 5.17 Å². The molecule has 0 radical (unpaired) electrons. The van der Waals surface area contributed by atoms with Crippen molar-refractivity contribution >= 4 is 34.2 Å². The number of nitrogens with one attached hydrogen (secondary N) is 1. The van der Waals surface area contributed by atoms with E-state index in [9.17, 15) is 13.2 Å². The van der Waals surface area contributed by atoms with Gasteiger partial charge in [-0.3, -0.25) is 5.41 Å². The lowest BCUT2D eigenvalue weighted by atomic mass is 10.1. The lowest BCUT2D eigenvalue weighted by Gasteiger charge is -2.22. The number of anilines is 1. The number of hydrogen-bond donors (Lipinski definition) is 1. The van der Waals surface area contributed by atoms with Gasteiger partial charge in [0.05, 0.1) is 11.3 Å². The molecule has 0 unspecified atom stereocenters. The Hall–Kier alpha value is -0.880. The summed E-state index contributed by atoms with van der Waals surface area (Å²) in [7, 11) is 0. The quantitative estimate of drug-likeness (QED) is 0.846. The zero-order valence-electron chi connectivity index (χ0n) is 8.51. The van der Waals surface area contributed by atoms with Crippen LogP contribution in [0.5, 0.6) is 0 Å².